The normalized spacial score (nSPS) is 11.6. The SMILES string of the molecule is CCCCOCCNc1ccc(Br)cc1C(F)(F)F. The van der Waals surface area contributed by atoms with Gasteiger partial charge in [0.25, 0.3) is 0 Å². The molecule has 0 aromatic heterocycles. The van der Waals surface area contributed by atoms with Crippen molar-refractivity contribution < 1.29 is 17.9 Å². The zero-order valence-corrected chi connectivity index (χ0v) is 12.3. The summed E-state index contributed by atoms with van der Waals surface area (Å²) in [5.41, 5.74) is -0.592. The van der Waals surface area contributed by atoms with Crippen molar-refractivity contribution in [2.45, 2.75) is 25.9 Å². The molecule has 1 aromatic carbocycles. The first-order chi connectivity index (χ1) is 8.95. The maximum absolute atomic E-state index is 12.8. The Hall–Kier alpha value is -0.750. The molecule has 0 unspecified atom stereocenters. The van der Waals surface area contributed by atoms with Crippen LogP contribution in [0.4, 0.5) is 18.9 Å². The molecule has 0 aliphatic heterocycles. The van der Waals surface area contributed by atoms with Gasteiger partial charge in [-0.05, 0) is 24.6 Å². The fourth-order valence-electron chi connectivity index (χ4n) is 1.51. The van der Waals surface area contributed by atoms with Crippen molar-refractivity contribution in [2.75, 3.05) is 25.1 Å². The lowest BCUT2D eigenvalue weighted by Crippen LogP contribution is -2.14. The summed E-state index contributed by atoms with van der Waals surface area (Å²) in [6, 6.07) is 4.06. The summed E-state index contributed by atoms with van der Waals surface area (Å²) in [4.78, 5) is 0. The predicted octanol–water partition coefficient (Wildman–Crippen LogP) is 4.70. The molecule has 0 saturated heterocycles. The summed E-state index contributed by atoms with van der Waals surface area (Å²) >= 11 is 3.05. The zero-order valence-electron chi connectivity index (χ0n) is 10.7. The zero-order chi connectivity index (χ0) is 14.3. The van der Waals surface area contributed by atoms with E-state index in [0.717, 1.165) is 18.9 Å². The Morgan fingerprint density at radius 3 is 2.63 bits per heavy atom. The highest BCUT2D eigenvalue weighted by Gasteiger charge is 2.33. The predicted molar refractivity (Wildman–Crippen MR) is 73.4 cm³/mol. The van der Waals surface area contributed by atoms with Crippen LogP contribution in [0, 0.1) is 0 Å². The van der Waals surface area contributed by atoms with Gasteiger partial charge in [-0.25, -0.2) is 0 Å². The van der Waals surface area contributed by atoms with Crippen molar-refractivity contribution in [1.29, 1.82) is 0 Å². The van der Waals surface area contributed by atoms with Gasteiger partial charge in [-0.15, -0.1) is 0 Å². The van der Waals surface area contributed by atoms with Crippen LogP contribution in [0.25, 0.3) is 0 Å². The van der Waals surface area contributed by atoms with Crippen LogP contribution in [0.2, 0.25) is 0 Å². The van der Waals surface area contributed by atoms with E-state index in [2.05, 4.69) is 28.2 Å². The molecule has 108 valence electrons. The molecular weight excluding hydrogens is 323 g/mol. The molecule has 2 nitrogen and oxygen atoms in total. The van der Waals surface area contributed by atoms with Gasteiger partial charge in [0.05, 0.1) is 12.2 Å². The lowest BCUT2D eigenvalue weighted by atomic mass is 10.1. The molecule has 19 heavy (non-hydrogen) atoms. The lowest BCUT2D eigenvalue weighted by molar-refractivity contribution is -0.137. The second-order valence-corrected chi connectivity index (χ2v) is 5.00. The minimum absolute atomic E-state index is 0.0785. The molecule has 0 heterocycles. The van der Waals surface area contributed by atoms with Crippen LogP contribution < -0.4 is 5.32 Å². The van der Waals surface area contributed by atoms with Crippen molar-refractivity contribution >= 4 is 21.6 Å². The van der Waals surface area contributed by atoms with Gasteiger partial charge in [0, 0.05) is 23.3 Å². The quantitative estimate of drug-likeness (QED) is 0.727. The summed E-state index contributed by atoms with van der Waals surface area (Å²) in [7, 11) is 0. The summed E-state index contributed by atoms with van der Waals surface area (Å²) in [6.45, 7) is 3.45. The molecule has 0 fully saturated rings. The fourth-order valence-corrected chi connectivity index (χ4v) is 1.87. The molecule has 0 saturated carbocycles. The number of rotatable bonds is 7. The third-order valence-corrected chi connectivity index (χ3v) is 2.98. The molecule has 0 atom stereocenters. The van der Waals surface area contributed by atoms with Gasteiger partial charge in [-0.3, -0.25) is 0 Å². The van der Waals surface area contributed by atoms with Gasteiger partial charge in [-0.2, -0.15) is 13.2 Å². The first kappa shape index (κ1) is 16.3. The molecule has 0 radical (unpaired) electrons. The Balaban J connectivity index is 2.54. The number of nitrogens with one attached hydrogen (secondary N) is 1. The fraction of sp³-hybridized carbons (Fsp3) is 0.538. The van der Waals surface area contributed by atoms with E-state index in [1.165, 1.54) is 6.07 Å². The van der Waals surface area contributed by atoms with Crippen LogP contribution in [0.5, 0.6) is 0 Å². The summed E-state index contributed by atoms with van der Waals surface area (Å²) in [5.74, 6) is 0. The number of halogens is 4. The molecule has 6 heteroatoms. The summed E-state index contributed by atoms with van der Waals surface area (Å²) < 4.78 is 44.1. The lowest BCUT2D eigenvalue weighted by Gasteiger charge is -2.15. The molecule has 1 aromatic rings. The Kier molecular flexibility index (Phi) is 6.65. The number of hydrogen-bond acceptors (Lipinski definition) is 2. The van der Waals surface area contributed by atoms with Crippen molar-refractivity contribution in [1.82, 2.24) is 0 Å². The molecule has 0 bridgehead atoms. The van der Waals surface area contributed by atoms with Crippen LogP contribution in [0.15, 0.2) is 22.7 Å². The van der Waals surface area contributed by atoms with Gasteiger partial charge >= 0.3 is 6.18 Å². The van der Waals surface area contributed by atoms with E-state index in [9.17, 15) is 13.2 Å². The maximum Gasteiger partial charge on any atom is 0.418 e. The summed E-state index contributed by atoms with van der Waals surface area (Å²) in [5, 5.41) is 2.76. The third kappa shape index (κ3) is 5.82. The number of anilines is 1. The van der Waals surface area contributed by atoms with E-state index in [1.54, 1.807) is 6.07 Å². The van der Waals surface area contributed by atoms with E-state index in [4.69, 9.17) is 4.74 Å². The third-order valence-electron chi connectivity index (χ3n) is 2.49. The number of ether oxygens (including phenoxy) is 1. The van der Waals surface area contributed by atoms with E-state index in [-0.39, 0.29) is 5.69 Å². The largest absolute Gasteiger partial charge is 0.418 e. The molecule has 0 aliphatic carbocycles. The summed E-state index contributed by atoms with van der Waals surface area (Å²) in [6.07, 6.45) is -2.36. The van der Waals surface area contributed by atoms with Crippen LogP contribution in [0.3, 0.4) is 0 Å². The van der Waals surface area contributed by atoms with Crippen LogP contribution in [-0.4, -0.2) is 19.8 Å². The average molecular weight is 340 g/mol. The van der Waals surface area contributed by atoms with Gasteiger partial charge in [0.2, 0.25) is 0 Å². The van der Waals surface area contributed by atoms with Gasteiger partial charge in [0.1, 0.15) is 0 Å². The van der Waals surface area contributed by atoms with Crippen LogP contribution >= 0.6 is 15.9 Å². The highest BCUT2D eigenvalue weighted by molar-refractivity contribution is 9.10. The monoisotopic (exact) mass is 339 g/mol. The van der Waals surface area contributed by atoms with Gasteiger partial charge in [-0.1, -0.05) is 29.3 Å². The number of benzene rings is 1. The molecule has 0 spiro atoms. The van der Waals surface area contributed by atoms with Crippen molar-refractivity contribution in [2.24, 2.45) is 0 Å². The van der Waals surface area contributed by atoms with E-state index in [0.29, 0.717) is 24.2 Å². The van der Waals surface area contributed by atoms with Crippen molar-refractivity contribution in [3.63, 3.8) is 0 Å². The second-order valence-electron chi connectivity index (χ2n) is 4.08. The molecular formula is C13H17BrF3NO. The maximum atomic E-state index is 12.8. The van der Waals surface area contributed by atoms with E-state index < -0.39 is 11.7 Å². The van der Waals surface area contributed by atoms with Gasteiger partial charge < -0.3 is 10.1 Å². The Bertz CT molecular complexity index is 396. The van der Waals surface area contributed by atoms with E-state index >= 15 is 0 Å². The molecule has 1 N–H and O–H groups in total. The second kappa shape index (κ2) is 7.75. The minimum Gasteiger partial charge on any atom is -0.382 e. The average Bonchev–Trinajstić information content (AvgIpc) is 2.34. The molecule has 1 rings (SSSR count). The highest BCUT2D eigenvalue weighted by atomic mass is 79.9. The Labute approximate surface area is 119 Å². The van der Waals surface area contributed by atoms with Crippen molar-refractivity contribution in [3.05, 3.63) is 28.2 Å². The van der Waals surface area contributed by atoms with Crippen LogP contribution in [0.1, 0.15) is 25.3 Å². The Morgan fingerprint density at radius 1 is 1.26 bits per heavy atom. The van der Waals surface area contributed by atoms with Crippen molar-refractivity contribution in [3.8, 4) is 0 Å². The first-order valence-corrected chi connectivity index (χ1v) is 6.92. The standard InChI is InChI=1S/C13H17BrF3NO/c1-2-3-7-19-8-6-18-12-5-4-10(14)9-11(12)13(15,16)17/h4-5,9,18H,2-3,6-8H2,1H3. The Morgan fingerprint density at radius 2 is 2.00 bits per heavy atom. The van der Waals surface area contributed by atoms with Gasteiger partial charge in [0.15, 0.2) is 0 Å². The number of hydrogen-bond donors (Lipinski definition) is 1. The first-order valence-electron chi connectivity index (χ1n) is 6.13. The smallest absolute Gasteiger partial charge is 0.382 e. The number of alkyl halides is 3. The topological polar surface area (TPSA) is 21.3 Å². The minimum atomic E-state index is -4.37. The van der Waals surface area contributed by atoms with Crippen LogP contribution in [-0.2, 0) is 10.9 Å². The number of unbranched alkanes of at least 4 members (excludes halogenated alkanes) is 1. The molecule has 0 amide bonds. The van der Waals surface area contributed by atoms with E-state index in [1.807, 2.05) is 0 Å². The molecule has 0 aliphatic rings. The highest BCUT2D eigenvalue weighted by Crippen LogP contribution is 2.36.